The Hall–Kier alpha value is -4.50. The number of hydrogen-bond acceptors (Lipinski definition) is 2. The molecule has 3 aromatic carbocycles. The monoisotopic (exact) mass is 658 g/mol. The van der Waals surface area contributed by atoms with Crippen LogP contribution >= 0.6 is 0 Å². The van der Waals surface area contributed by atoms with Gasteiger partial charge in [-0.2, -0.15) is 52.7 Å². The third kappa shape index (κ3) is 10.3. The van der Waals surface area contributed by atoms with E-state index in [0.29, 0.717) is 24.3 Å². The SMILES string of the molecule is O=C(NCc1cc(C(F)(F)F)cc(C(F)(F)F)c1)C(=C\NCc1cc(C(F)(F)F)cc(C(F)(F)F)c1)/C=C/c1cccc(F)c1. The first-order chi connectivity index (χ1) is 20.6. The molecule has 0 unspecified atom stereocenters. The Morgan fingerprint density at radius 3 is 1.49 bits per heavy atom. The molecule has 0 heterocycles. The van der Waals surface area contributed by atoms with Crippen LogP contribution in [0.25, 0.3) is 6.08 Å². The van der Waals surface area contributed by atoms with Gasteiger partial charge in [0, 0.05) is 19.3 Å². The summed E-state index contributed by atoms with van der Waals surface area (Å²) in [6.07, 6.45) is -17.5. The number of rotatable bonds is 8. The molecule has 0 bridgehead atoms. The highest BCUT2D eigenvalue weighted by Crippen LogP contribution is 2.37. The number of halogens is 13. The molecule has 0 aliphatic carbocycles. The molecule has 0 saturated heterocycles. The fourth-order valence-corrected chi connectivity index (χ4v) is 3.79. The first-order valence-corrected chi connectivity index (χ1v) is 12.3. The van der Waals surface area contributed by atoms with Gasteiger partial charge in [0.2, 0.25) is 0 Å². The second-order valence-electron chi connectivity index (χ2n) is 9.38. The third-order valence-corrected chi connectivity index (χ3v) is 5.88. The van der Waals surface area contributed by atoms with Gasteiger partial charge >= 0.3 is 24.7 Å². The van der Waals surface area contributed by atoms with Crippen molar-refractivity contribution in [2.45, 2.75) is 37.8 Å². The molecule has 0 aliphatic rings. The summed E-state index contributed by atoms with van der Waals surface area (Å²) < 4.78 is 172. The number of hydrogen-bond donors (Lipinski definition) is 2. The van der Waals surface area contributed by atoms with Gasteiger partial charge in [-0.3, -0.25) is 4.79 Å². The van der Waals surface area contributed by atoms with Crippen LogP contribution in [0.3, 0.4) is 0 Å². The minimum absolute atomic E-state index is 0.0854. The maximum atomic E-state index is 13.6. The molecule has 0 aliphatic heterocycles. The molecule has 3 aromatic rings. The summed E-state index contributed by atoms with van der Waals surface area (Å²) in [4.78, 5) is 12.9. The predicted molar refractivity (Wildman–Crippen MR) is 135 cm³/mol. The molecule has 45 heavy (non-hydrogen) atoms. The Morgan fingerprint density at radius 1 is 0.622 bits per heavy atom. The highest BCUT2D eigenvalue weighted by molar-refractivity contribution is 5.97. The molecule has 1 amide bonds. The highest BCUT2D eigenvalue weighted by atomic mass is 19.4. The lowest BCUT2D eigenvalue weighted by molar-refractivity contribution is -0.144. The van der Waals surface area contributed by atoms with Crippen LogP contribution in [0.15, 0.2) is 78.5 Å². The molecule has 0 spiro atoms. The zero-order chi connectivity index (χ0) is 33.8. The van der Waals surface area contributed by atoms with Crippen LogP contribution in [-0.4, -0.2) is 5.91 Å². The van der Waals surface area contributed by atoms with Crippen molar-refractivity contribution in [3.05, 3.63) is 123 Å². The van der Waals surface area contributed by atoms with Crippen LogP contribution in [0.1, 0.15) is 38.9 Å². The minimum atomic E-state index is -5.15. The Labute approximate surface area is 246 Å². The van der Waals surface area contributed by atoms with Crippen molar-refractivity contribution in [1.82, 2.24) is 10.6 Å². The summed E-state index contributed by atoms with van der Waals surface area (Å²) in [5.41, 5.74) is -7.78. The topological polar surface area (TPSA) is 41.1 Å². The Bertz CT molecular complexity index is 1520. The highest BCUT2D eigenvalue weighted by Gasteiger charge is 2.38. The Morgan fingerprint density at radius 2 is 1.07 bits per heavy atom. The van der Waals surface area contributed by atoms with Crippen LogP contribution in [0, 0.1) is 5.82 Å². The lowest BCUT2D eigenvalue weighted by atomic mass is 10.0. The van der Waals surface area contributed by atoms with Crippen LogP contribution in [0.5, 0.6) is 0 Å². The summed E-state index contributed by atoms with van der Waals surface area (Å²) in [7, 11) is 0. The van der Waals surface area contributed by atoms with Gasteiger partial charge in [-0.25, -0.2) is 4.39 Å². The predicted octanol–water partition coefficient (Wildman–Crippen LogP) is 8.90. The number of benzene rings is 3. The van der Waals surface area contributed by atoms with E-state index in [0.717, 1.165) is 24.4 Å². The quantitative estimate of drug-likeness (QED) is 0.144. The molecule has 0 radical (unpaired) electrons. The zero-order valence-corrected chi connectivity index (χ0v) is 22.2. The van der Waals surface area contributed by atoms with E-state index in [1.165, 1.54) is 18.2 Å². The van der Waals surface area contributed by atoms with E-state index in [1.54, 1.807) is 0 Å². The van der Waals surface area contributed by atoms with Crippen LogP contribution in [0.2, 0.25) is 0 Å². The molecule has 0 aromatic heterocycles. The number of amides is 1. The summed E-state index contributed by atoms with van der Waals surface area (Å²) >= 11 is 0. The van der Waals surface area contributed by atoms with Crippen LogP contribution < -0.4 is 10.6 Å². The van der Waals surface area contributed by atoms with Crippen molar-refractivity contribution in [2.24, 2.45) is 0 Å². The van der Waals surface area contributed by atoms with Crippen molar-refractivity contribution < 1.29 is 61.9 Å². The first-order valence-electron chi connectivity index (χ1n) is 12.3. The van der Waals surface area contributed by atoms with Crippen molar-refractivity contribution in [1.29, 1.82) is 0 Å². The number of alkyl halides is 12. The van der Waals surface area contributed by atoms with E-state index >= 15 is 0 Å². The average Bonchev–Trinajstić information content (AvgIpc) is 2.91. The second kappa shape index (κ2) is 13.2. The first kappa shape index (κ1) is 35.0. The molecule has 242 valence electrons. The normalized spacial score (nSPS) is 13.3. The summed E-state index contributed by atoms with van der Waals surface area (Å²) in [5.74, 6) is -1.80. The molecule has 2 N–H and O–H groups in total. The van der Waals surface area contributed by atoms with Crippen LogP contribution in [-0.2, 0) is 42.6 Å². The molecule has 16 heteroatoms. The Balaban J connectivity index is 1.91. The van der Waals surface area contributed by atoms with Gasteiger partial charge in [-0.1, -0.05) is 18.2 Å². The summed E-state index contributed by atoms with van der Waals surface area (Å²) in [6, 6.07) is 6.25. The van der Waals surface area contributed by atoms with Gasteiger partial charge in [-0.05, 0) is 71.3 Å². The Kier molecular flexibility index (Phi) is 10.3. The van der Waals surface area contributed by atoms with E-state index < -0.39 is 88.5 Å². The zero-order valence-electron chi connectivity index (χ0n) is 22.2. The van der Waals surface area contributed by atoms with Crippen molar-refractivity contribution in [3.63, 3.8) is 0 Å². The van der Waals surface area contributed by atoms with E-state index in [-0.39, 0.29) is 17.7 Å². The van der Waals surface area contributed by atoms with E-state index in [9.17, 15) is 61.9 Å². The van der Waals surface area contributed by atoms with Gasteiger partial charge in [0.25, 0.3) is 5.91 Å². The molecular formula is C29H19F13N2O. The van der Waals surface area contributed by atoms with Crippen molar-refractivity contribution in [2.75, 3.05) is 0 Å². The number of carbonyl (C=O) groups excluding carboxylic acids is 1. The van der Waals surface area contributed by atoms with Crippen molar-refractivity contribution in [3.8, 4) is 0 Å². The lowest BCUT2D eigenvalue weighted by Gasteiger charge is -2.15. The smallest absolute Gasteiger partial charge is 0.386 e. The van der Waals surface area contributed by atoms with Crippen molar-refractivity contribution >= 4 is 12.0 Å². The summed E-state index contributed by atoms with van der Waals surface area (Å²) in [5, 5.41) is 4.47. The fourth-order valence-electron chi connectivity index (χ4n) is 3.79. The average molecular weight is 658 g/mol. The summed E-state index contributed by atoms with van der Waals surface area (Å²) in [6.45, 7) is -1.53. The maximum Gasteiger partial charge on any atom is 0.416 e. The van der Waals surface area contributed by atoms with Gasteiger partial charge < -0.3 is 10.6 Å². The molecule has 0 fully saturated rings. The molecular weight excluding hydrogens is 639 g/mol. The molecule has 0 atom stereocenters. The van der Waals surface area contributed by atoms with E-state index in [4.69, 9.17) is 0 Å². The minimum Gasteiger partial charge on any atom is -0.386 e. The van der Waals surface area contributed by atoms with Gasteiger partial charge in [0.05, 0.1) is 27.8 Å². The number of carbonyl (C=O) groups is 1. The number of nitrogens with one attached hydrogen (secondary N) is 2. The van der Waals surface area contributed by atoms with E-state index in [2.05, 4.69) is 10.6 Å². The lowest BCUT2D eigenvalue weighted by Crippen LogP contribution is -2.25. The molecule has 3 rings (SSSR count). The largest absolute Gasteiger partial charge is 0.416 e. The fraction of sp³-hybridized carbons (Fsp3) is 0.207. The second-order valence-corrected chi connectivity index (χ2v) is 9.38. The molecule has 0 saturated carbocycles. The van der Waals surface area contributed by atoms with Crippen LogP contribution in [0.4, 0.5) is 57.1 Å². The molecule has 3 nitrogen and oxygen atoms in total. The maximum absolute atomic E-state index is 13.6. The third-order valence-electron chi connectivity index (χ3n) is 5.88. The van der Waals surface area contributed by atoms with Gasteiger partial charge in [-0.15, -0.1) is 0 Å². The standard InChI is InChI=1S/C29H19F13N2O/c30-24-3-1-2-16(10-24)4-5-19(15-43-13-17-6-20(26(31,32)33)11-21(7-17)27(34,35)36)25(45)44-14-18-8-22(28(37,38)39)12-23(9-18)29(40,41)42/h1-12,15,43H,13-14H2,(H,44,45)/b5-4+,19-15-. The van der Waals surface area contributed by atoms with E-state index in [1.807, 2.05) is 0 Å². The van der Waals surface area contributed by atoms with Gasteiger partial charge in [0.1, 0.15) is 5.82 Å². The van der Waals surface area contributed by atoms with Gasteiger partial charge in [0.15, 0.2) is 0 Å².